The fourth-order valence-corrected chi connectivity index (χ4v) is 3.02. The van der Waals surface area contributed by atoms with Gasteiger partial charge in [0.05, 0.1) is 6.54 Å². The molecule has 0 radical (unpaired) electrons. The summed E-state index contributed by atoms with van der Waals surface area (Å²) >= 11 is 0. The van der Waals surface area contributed by atoms with Gasteiger partial charge < -0.3 is 15.0 Å². The zero-order valence-corrected chi connectivity index (χ0v) is 15.1. The number of nitrogens with one attached hydrogen (secondary N) is 1. The standard InChI is InChI=1S/C19H30N2O2/c1-14-9-8-12-16(14)20-17-11-7-6-10-15(17)13-21(5)18(22)23-19(2,3)4/h6-7,10-11,14,16,20H,8-9,12-13H2,1-5H3. The first-order valence-corrected chi connectivity index (χ1v) is 8.55. The molecule has 1 aromatic carbocycles. The van der Waals surface area contributed by atoms with E-state index in [2.05, 4.69) is 24.4 Å². The van der Waals surface area contributed by atoms with Crippen LogP contribution in [-0.4, -0.2) is 29.7 Å². The Kier molecular flexibility index (Phi) is 5.55. The van der Waals surface area contributed by atoms with Crippen molar-refractivity contribution in [1.82, 2.24) is 4.90 Å². The molecule has 2 rings (SSSR count). The van der Waals surface area contributed by atoms with Crippen LogP contribution >= 0.6 is 0 Å². The van der Waals surface area contributed by atoms with Gasteiger partial charge in [-0.25, -0.2) is 4.79 Å². The molecule has 4 nitrogen and oxygen atoms in total. The number of anilines is 1. The van der Waals surface area contributed by atoms with E-state index < -0.39 is 5.60 Å². The maximum absolute atomic E-state index is 12.2. The van der Waals surface area contributed by atoms with E-state index >= 15 is 0 Å². The number of hydrogen-bond donors (Lipinski definition) is 1. The normalized spacial score (nSPS) is 21.1. The van der Waals surface area contributed by atoms with Crippen LogP contribution in [0.4, 0.5) is 10.5 Å². The number of nitrogens with zero attached hydrogens (tertiary/aromatic N) is 1. The molecule has 0 heterocycles. The summed E-state index contributed by atoms with van der Waals surface area (Å²) in [6.07, 6.45) is 3.51. The summed E-state index contributed by atoms with van der Waals surface area (Å²) in [6, 6.07) is 8.76. The lowest BCUT2D eigenvalue weighted by atomic mass is 10.0. The third-order valence-corrected chi connectivity index (χ3v) is 4.33. The number of amides is 1. The molecule has 1 aliphatic carbocycles. The fraction of sp³-hybridized carbons (Fsp3) is 0.632. The lowest BCUT2D eigenvalue weighted by Crippen LogP contribution is -2.34. The molecule has 0 aliphatic heterocycles. The topological polar surface area (TPSA) is 41.6 Å². The first kappa shape index (κ1) is 17.6. The molecule has 1 fully saturated rings. The van der Waals surface area contributed by atoms with Crippen molar-refractivity contribution in [2.75, 3.05) is 12.4 Å². The lowest BCUT2D eigenvalue weighted by molar-refractivity contribution is 0.0285. The molecule has 2 unspecified atom stereocenters. The molecule has 23 heavy (non-hydrogen) atoms. The summed E-state index contributed by atoms with van der Waals surface area (Å²) in [7, 11) is 1.78. The summed E-state index contributed by atoms with van der Waals surface area (Å²) in [5.74, 6) is 0.701. The molecule has 1 aromatic rings. The van der Waals surface area contributed by atoms with Gasteiger partial charge in [-0.15, -0.1) is 0 Å². The Hall–Kier alpha value is -1.71. The van der Waals surface area contributed by atoms with E-state index in [1.54, 1.807) is 11.9 Å². The van der Waals surface area contributed by atoms with Crippen LogP contribution in [0.5, 0.6) is 0 Å². The Bertz CT molecular complexity index is 536. The first-order valence-electron chi connectivity index (χ1n) is 8.55. The van der Waals surface area contributed by atoms with Gasteiger partial charge in [-0.3, -0.25) is 0 Å². The molecule has 0 bridgehead atoms. The van der Waals surface area contributed by atoms with Gasteiger partial charge in [0.15, 0.2) is 0 Å². The highest BCUT2D eigenvalue weighted by molar-refractivity contribution is 5.68. The summed E-state index contributed by atoms with van der Waals surface area (Å²) < 4.78 is 5.43. The second-order valence-electron chi connectivity index (χ2n) is 7.65. The third kappa shape index (κ3) is 5.15. The minimum atomic E-state index is -0.470. The summed E-state index contributed by atoms with van der Waals surface area (Å²) in [4.78, 5) is 13.8. The number of rotatable bonds is 4. The molecule has 128 valence electrons. The molecular formula is C19H30N2O2. The van der Waals surface area contributed by atoms with Crippen LogP contribution in [0.1, 0.15) is 52.5 Å². The number of carbonyl (C=O) groups is 1. The van der Waals surface area contributed by atoms with Crippen LogP contribution in [0.3, 0.4) is 0 Å². The van der Waals surface area contributed by atoms with E-state index in [-0.39, 0.29) is 6.09 Å². The maximum atomic E-state index is 12.2. The van der Waals surface area contributed by atoms with Crippen molar-refractivity contribution in [2.24, 2.45) is 5.92 Å². The Labute approximate surface area is 140 Å². The van der Waals surface area contributed by atoms with Crippen molar-refractivity contribution in [2.45, 2.75) is 65.1 Å². The van der Waals surface area contributed by atoms with Crippen LogP contribution in [0, 0.1) is 5.92 Å². The van der Waals surface area contributed by atoms with Gasteiger partial charge in [0.2, 0.25) is 0 Å². The van der Waals surface area contributed by atoms with Crippen LogP contribution in [0.25, 0.3) is 0 Å². The van der Waals surface area contributed by atoms with Gasteiger partial charge in [0.25, 0.3) is 0 Å². The van der Waals surface area contributed by atoms with Crippen molar-refractivity contribution >= 4 is 11.8 Å². The van der Waals surface area contributed by atoms with E-state index in [0.717, 1.165) is 11.3 Å². The molecule has 0 aromatic heterocycles. The van der Waals surface area contributed by atoms with Crippen LogP contribution in [-0.2, 0) is 11.3 Å². The predicted octanol–water partition coefficient (Wildman–Crippen LogP) is 4.65. The van der Waals surface area contributed by atoms with Gasteiger partial charge in [-0.2, -0.15) is 0 Å². The van der Waals surface area contributed by atoms with Crippen molar-refractivity contribution in [1.29, 1.82) is 0 Å². The van der Waals surface area contributed by atoms with Gasteiger partial charge in [0.1, 0.15) is 5.60 Å². The smallest absolute Gasteiger partial charge is 0.410 e. The summed E-state index contributed by atoms with van der Waals surface area (Å²) in [5.41, 5.74) is 1.78. The Morgan fingerprint density at radius 3 is 2.61 bits per heavy atom. The van der Waals surface area contributed by atoms with Gasteiger partial charge in [-0.1, -0.05) is 31.5 Å². The highest BCUT2D eigenvalue weighted by Gasteiger charge is 2.24. The minimum Gasteiger partial charge on any atom is -0.444 e. The average molecular weight is 318 g/mol. The van der Waals surface area contributed by atoms with Gasteiger partial charge in [0, 0.05) is 18.8 Å². The molecule has 0 spiro atoms. The summed E-state index contributed by atoms with van der Waals surface area (Å²) in [5, 5.41) is 3.67. The van der Waals surface area contributed by atoms with Crippen LogP contribution in [0.2, 0.25) is 0 Å². The van der Waals surface area contributed by atoms with E-state index in [1.165, 1.54) is 19.3 Å². The number of ether oxygens (including phenoxy) is 1. The fourth-order valence-electron chi connectivity index (χ4n) is 3.02. The number of hydrogen-bond acceptors (Lipinski definition) is 3. The molecule has 2 atom stereocenters. The monoisotopic (exact) mass is 318 g/mol. The number of carbonyl (C=O) groups excluding carboxylic acids is 1. The van der Waals surface area contributed by atoms with E-state index in [4.69, 9.17) is 4.74 Å². The van der Waals surface area contributed by atoms with E-state index in [9.17, 15) is 4.79 Å². The first-order chi connectivity index (χ1) is 10.8. The SMILES string of the molecule is CC1CCCC1Nc1ccccc1CN(C)C(=O)OC(C)(C)C. The number of benzene rings is 1. The molecular weight excluding hydrogens is 288 g/mol. The molecule has 1 saturated carbocycles. The molecule has 4 heteroatoms. The Morgan fingerprint density at radius 1 is 1.30 bits per heavy atom. The zero-order chi connectivity index (χ0) is 17.0. The van der Waals surface area contributed by atoms with Crippen molar-refractivity contribution in [3.05, 3.63) is 29.8 Å². The Morgan fingerprint density at radius 2 is 2.00 bits per heavy atom. The van der Waals surface area contributed by atoms with Gasteiger partial charge >= 0.3 is 6.09 Å². The zero-order valence-electron chi connectivity index (χ0n) is 15.1. The molecule has 1 amide bonds. The average Bonchev–Trinajstić information content (AvgIpc) is 2.84. The van der Waals surface area contributed by atoms with Crippen LogP contribution < -0.4 is 5.32 Å². The Balaban J connectivity index is 2.03. The van der Waals surface area contributed by atoms with Crippen molar-refractivity contribution in [3.63, 3.8) is 0 Å². The van der Waals surface area contributed by atoms with E-state index in [1.807, 2.05) is 32.9 Å². The molecule has 0 saturated heterocycles. The van der Waals surface area contributed by atoms with Crippen LogP contribution in [0.15, 0.2) is 24.3 Å². The predicted molar refractivity (Wildman–Crippen MR) is 94.6 cm³/mol. The number of para-hydroxylation sites is 1. The minimum absolute atomic E-state index is 0.290. The second-order valence-corrected chi connectivity index (χ2v) is 7.65. The summed E-state index contributed by atoms with van der Waals surface area (Å²) in [6.45, 7) is 8.50. The highest BCUT2D eigenvalue weighted by atomic mass is 16.6. The second kappa shape index (κ2) is 7.24. The molecule has 1 aliphatic rings. The quantitative estimate of drug-likeness (QED) is 0.878. The lowest BCUT2D eigenvalue weighted by Gasteiger charge is -2.26. The van der Waals surface area contributed by atoms with Gasteiger partial charge in [-0.05, 0) is 51.2 Å². The molecule has 1 N–H and O–H groups in total. The van der Waals surface area contributed by atoms with Crippen molar-refractivity contribution in [3.8, 4) is 0 Å². The maximum Gasteiger partial charge on any atom is 0.410 e. The van der Waals surface area contributed by atoms with Crippen molar-refractivity contribution < 1.29 is 9.53 Å². The third-order valence-electron chi connectivity index (χ3n) is 4.33. The van der Waals surface area contributed by atoms with E-state index in [0.29, 0.717) is 18.5 Å². The highest BCUT2D eigenvalue weighted by Crippen LogP contribution is 2.29. The largest absolute Gasteiger partial charge is 0.444 e.